The number of nitrogens with zero attached hydrogens (tertiary/aromatic N) is 4. The third kappa shape index (κ3) is 5.16. The fourth-order valence-corrected chi connectivity index (χ4v) is 3.34. The molecule has 4 rings (SSSR count). The highest BCUT2D eigenvalue weighted by Crippen LogP contribution is 2.25. The number of halogens is 3. The van der Waals surface area contributed by atoms with Crippen molar-refractivity contribution in [3.63, 3.8) is 0 Å². The first-order valence-corrected chi connectivity index (χ1v) is 9.62. The van der Waals surface area contributed by atoms with Crippen LogP contribution in [0.15, 0.2) is 42.9 Å². The molecule has 1 fully saturated rings. The van der Waals surface area contributed by atoms with Crippen molar-refractivity contribution in [2.24, 2.45) is 0 Å². The number of alkyl halides is 3. The lowest BCUT2D eigenvalue weighted by Crippen LogP contribution is -2.50. The highest BCUT2D eigenvalue weighted by Gasteiger charge is 2.29. The Balaban J connectivity index is 1.29. The summed E-state index contributed by atoms with van der Waals surface area (Å²) in [6, 6.07) is 8.85. The molecule has 0 aliphatic carbocycles. The van der Waals surface area contributed by atoms with Gasteiger partial charge in [0, 0.05) is 49.3 Å². The SMILES string of the molecule is O=C(COc1cccc2[nH]ccc12)N1CCN(c2cc(OCC(F)(F)F)ncn2)CC1. The van der Waals surface area contributed by atoms with Crippen LogP contribution < -0.4 is 14.4 Å². The Kier molecular flexibility index (Phi) is 5.83. The number of amides is 1. The molecule has 0 radical (unpaired) electrons. The van der Waals surface area contributed by atoms with Crippen LogP contribution in [0.4, 0.5) is 19.0 Å². The van der Waals surface area contributed by atoms with Gasteiger partial charge in [0.15, 0.2) is 13.2 Å². The Hall–Kier alpha value is -3.50. The van der Waals surface area contributed by atoms with Crippen molar-refractivity contribution in [2.45, 2.75) is 6.18 Å². The van der Waals surface area contributed by atoms with Gasteiger partial charge in [-0.15, -0.1) is 0 Å². The molecule has 3 heterocycles. The van der Waals surface area contributed by atoms with Gasteiger partial charge in [0.2, 0.25) is 5.88 Å². The zero-order valence-corrected chi connectivity index (χ0v) is 16.4. The lowest BCUT2D eigenvalue weighted by atomic mass is 10.2. The van der Waals surface area contributed by atoms with Crippen LogP contribution in [0.5, 0.6) is 11.6 Å². The van der Waals surface area contributed by atoms with Crippen LogP contribution in [0.3, 0.4) is 0 Å². The van der Waals surface area contributed by atoms with Gasteiger partial charge in [0.25, 0.3) is 5.91 Å². The van der Waals surface area contributed by atoms with Crippen LogP contribution in [0.25, 0.3) is 10.9 Å². The van der Waals surface area contributed by atoms with Crippen molar-refractivity contribution in [1.29, 1.82) is 0 Å². The minimum Gasteiger partial charge on any atom is -0.483 e. The van der Waals surface area contributed by atoms with Gasteiger partial charge in [0.05, 0.1) is 0 Å². The first-order valence-electron chi connectivity index (χ1n) is 9.62. The Morgan fingerprint density at radius 2 is 1.90 bits per heavy atom. The van der Waals surface area contributed by atoms with E-state index in [1.807, 2.05) is 35.4 Å². The molecule has 1 saturated heterocycles. The normalized spacial score (nSPS) is 14.7. The second kappa shape index (κ2) is 8.70. The molecular formula is C20H20F3N5O3. The zero-order chi connectivity index (χ0) is 21.8. The number of hydrogen-bond acceptors (Lipinski definition) is 6. The van der Waals surface area contributed by atoms with Crippen LogP contribution in [-0.2, 0) is 4.79 Å². The molecule has 1 aliphatic heterocycles. The zero-order valence-electron chi connectivity index (χ0n) is 16.4. The molecule has 0 atom stereocenters. The number of piperazine rings is 1. The van der Waals surface area contributed by atoms with E-state index < -0.39 is 12.8 Å². The van der Waals surface area contributed by atoms with E-state index in [1.54, 1.807) is 4.90 Å². The summed E-state index contributed by atoms with van der Waals surface area (Å²) in [6.45, 7) is 0.359. The first-order chi connectivity index (χ1) is 14.9. The van der Waals surface area contributed by atoms with E-state index in [2.05, 4.69) is 19.7 Å². The third-order valence-electron chi connectivity index (χ3n) is 4.87. The molecule has 11 heteroatoms. The van der Waals surface area contributed by atoms with Gasteiger partial charge in [-0.2, -0.15) is 13.2 Å². The van der Waals surface area contributed by atoms with Crippen molar-refractivity contribution in [3.8, 4) is 11.6 Å². The second-order valence-corrected chi connectivity index (χ2v) is 6.97. The highest BCUT2D eigenvalue weighted by molar-refractivity contribution is 5.86. The minimum absolute atomic E-state index is 0.0762. The maximum atomic E-state index is 12.5. The quantitative estimate of drug-likeness (QED) is 0.641. The monoisotopic (exact) mass is 435 g/mol. The molecular weight excluding hydrogens is 415 g/mol. The van der Waals surface area contributed by atoms with Gasteiger partial charge in [-0.05, 0) is 18.2 Å². The highest BCUT2D eigenvalue weighted by atomic mass is 19.4. The summed E-state index contributed by atoms with van der Waals surface area (Å²) < 4.78 is 47.4. The van der Waals surface area contributed by atoms with Crippen LogP contribution in [0.1, 0.15) is 0 Å². The number of aromatic nitrogens is 3. The third-order valence-corrected chi connectivity index (χ3v) is 4.87. The summed E-state index contributed by atoms with van der Waals surface area (Å²) >= 11 is 0. The molecule has 0 unspecified atom stereocenters. The number of H-pyrrole nitrogens is 1. The van der Waals surface area contributed by atoms with Crippen molar-refractivity contribution < 1.29 is 27.4 Å². The van der Waals surface area contributed by atoms with Gasteiger partial charge >= 0.3 is 6.18 Å². The number of nitrogens with one attached hydrogen (secondary N) is 1. The average Bonchev–Trinajstić information content (AvgIpc) is 3.25. The lowest BCUT2D eigenvalue weighted by molar-refractivity contribution is -0.154. The van der Waals surface area contributed by atoms with Gasteiger partial charge in [-0.25, -0.2) is 9.97 Å². The van der Waals surface area contributed by atoms with Gasteiger partial charge < -0.3 is 24.3 Å². The molecule has 0 saturated carbocycles. The Morgan fingerprint density at radius 3 is 2.68 bits per heavy atom. The summed E-state index contributed by atoms with van der Waals surface area (Å²) in [5.74, 6) is 0.810. The van der Waals surface area contributed by atoms with Crippen molar-refractivity contribution >= 4 is 22.6 Å². The van der Waals surface area contributed by atoms with E-state index in [9.17, 15) is 18.0 Å². The molecule has 0 spiro atoms. The van der Waals surface area contributed by atoms with E-state index in [0.717, 1.165) is 17.2 Å². The van der Waals surface area contributed by atoms with Crippen molar-refractivity contribution in [3.05, 3.63) is 42.9 Å². The van der Waals surface area contributed by atoms with Crippen LogP contribution in [-0.4, -0.2) is 71.3 Å². The molecule has 0 bridgehead atoms. The number of aromatic amines is 1. The molecule has 3 aromatic rings. The van der Waals surface area contributed by atoms with Crippen molar-refractivity contribution in [2.75, 3.05) is 44.3 Å². The van der Waals surface area contributed by atoms with Crippen LogP contribution in [0, 0.1) is 0 Å². The minimum atomic E-state index is -4.44. The lowest BCUT2D eigenvalue weighted by Gasteiger charge is -2.35. The predicted molar refractivity (Wildman–Crippen MR) is 106 cm³/mol. The molecule has 1 aliphatic rings. The number of anilines is 1. The molecule has 2 aromatic heterocycles. The van der Waals surface area contributed by atoms with E-state index in [-0.39, 0.29) is 18.4 Å². The van der Waals surface area contributed by atoms with Crippen LogP contribution >= 0.6 is 0 Å². The Bertz CT molecular complexity index is 1050. The Morgan fingerprint density at radius 1 is 1.10 bits per heavy atom. The Labute approximate surface area is 175 Å². The molecule has 1 aromatic carbocycles. The fourth-order valence-electron chi connectivity index (χ4n) is 3.34. The largest absolute Gasteiger partial charge is 0.483 e. The van der Waals surface area contributed by atoms with Crippen molar-refractivity contribution in [1.82, 2.24) is 19.9 Å². The topological polar surface area (TPSA) is 83.6 Å². The van der Waals surface area contributed by atoms with Crippen LogP contribution in [0.2, 0.25) is 0 Å². The van der Waals surface area contributed by atoms with E-state index in [1.165, 1.54) is 6.07 Å². The predicted octanol–water partition coefficient (Wildman–Crippen LogP) is 2.63. The summed E-state index contributed by atoms with van der Waals surface area (Å²) in [5, 5.41) is 0.910. The molecule has 31 heavy (non-hydrogen) atoms. The standard InChI is InChI=1S/C20H20F3N5O3/c21-20(22,23)12-31-18-10-17(25-13-26-18)27-6-8-28(9-7-27)19(29)11-30-16-3-1-2-15-14(16)4-5-24-15/h1-5,10,13,24H,6-9,11-12H2. The van der Waals surface area contributed by atoms with Gasteiger partial charge in [-0.3, -0.25) is 4.79 Å². The molecule has 164 valence electrons. The number of benzene rings is 1. The van der Waals surface area contributed by atoms with E-state index in [4.69, 9.17) is 4.74 Å². The first kappa shape index (κ1) is 20.8. The summed E-state index contributed by atoms with van der Waals surface area (Å²) in [7, 11) is 0. The summed E-state index contributed by atoms with van der Waals surface area (Å²) in [6.07, 6.45) is -1.47. The maximum absolute atomic E-state index is 12.5. The summed E-state index contributed by atoms with van der Waals surface area (Å²) in [4.78, 5) is 27.0. The molecule has 1 N–H and O–H groups in total. The van der Waals surface area contributed by atoms with E-state index in [0.29, 0.717) is 37.7 Å². The number of ether oxygens (including phenoxy) is 2. The van der Waals surface area contributed by atoms with Gasteiger partial charge in [0.1, 0.15) is 17.9 Å². The number of fused-ring (bicyclic) bond motifs is 1. The molecule has 1 amide bonds. The number of carbonyl (C=O) groups excluding carboxylic acids is 1. The number of rotatable bonds is 6. The number of carbonyl (C=O) groups is 1. The van der Waals surface area contributed by atoms with E-state index >= 15 is 0 Å². The summed E-state index contributed by atoms with van der Waals surface area (Å²) in [5.41, 5.74) is 0.932. The smallest absolute Gasteiger partial charge is 0.422 e. The maximum Gasteiger partial charge on any atom is 0.422 e. The fraction of sp³-hybridized carbons (Fsp3) is 0.350. The average molecular weight is 435 g/mol. The van der Waals surface area contributed by atoms with Gasteiger partial charge in [-0.1, -0.05) is 6.07 Å². The second-order valence-electron chi connectivity index (χ2n) is 6.97. The molecule has 8 nitrogen and oxygen atoms in total. The number of hydrogen-bond donors (Lipinski definition) is 1.